The molecule has 2 aliphatic rings. The Morgan fingerprint density at radius 3 is 2.69 bits per heavy atom. The fourth-order valence-corrected chi connectivity index (χ4v) is 4.85. The van der Waals surface area contributed by atoms with Gasteiger partial charge in [-0.2, -0.15) is 0 Å². The molecule has 166 valence electrons. The van der Waals surface area contributed by atoms with Crippen LogP contribution in [0.3, 0.4) is 0 Å². The number of halogens is 1. The number of carbonyl (C=O) groups excluding carboxylic acids is 1. The van der Waals surface area contributed by atoms with Crippen LogP contribution in [0, 0.1) is 5.82 Å². The van der Waals surface area contributed by atoms with Crippen LogP contribution in [0.5, 0.6) is 0 Å². The monoisotopic (exact) mass is 440 g/mol. The lowest BCUT2D eigenvalue weighted by Crippen LogP contribution is -2.44. The molecule has 0 bridgehead atoms. The number of aliphatic hydroxyl groups is 2. The first-order chi connectivity index (χ1) is 15.2. The van der Waals surface area contributed by atoms with Crippen LogP contribution in [-0.4, -0.2) is 31.9 Å². The first kappa shape index (κ1) is 20.6. The van der Waals surface area contributed by atoms with Gasteiger partial charge in [0.15, 0.2) is 11.0 Å². The molecule has 0 saturated heterocycles. The van der Waals surface area contributed by atoms with Crippen molar-refractivity contribution in [2.24, 2.45) is 0 Å². The molecule has 0 fully saturated rings. The number of nitrogens with zero attached hydrogens (tertiary/aromatic N) is 2. The molecule has 9 heteroatoms. The highest BCUT2D eigenvalue weighted by Crippen LogP contribution is 2.39. The Labute approximate surface area is 181 Å². The second-order valence-corrected chi connectivity index (χ2v) is 8.32. The Morgan fingerprint density at radius 1 is 1.25 bits per heavy atom. The van der Waals surface area contributed by atoms with Gasteiger partial charge in [-0.3, -0.25) is 9.59 Å². The summed E-state index contributed by atoms with van der Waals surface area (Å²) >= 11 is 0. The van der Waals surface area contributed by atoms with Crippen LogP contribution < -0.4 is 11.0 Å². The van der Waals surface area contributed by atoms with Crippen molar-refractivity contribution in [3.8, 4) is 11.3 Å². The molecule has 0 aliphatic carbocycles. The average molecular weight is 440 g/mol. The van der Waals surface area contributed by atoms with Crippen LogP contribution in [0.2, 0.25) is 0 Å². The number of pyridine rings is 2. The molecule has 3 aromatic rings. The molecule has 2 atom stereocenters. The minimum Gasteiger partial charge on any atom is -0.458 e. The van der Waals surface area contributed by atoms with Crippen molar-refractivity contribution in [2.45, 2.75) is 45.1 Å². The number of cyclic esters (lactones) is 1. The smallest absolute Gasteiger partial charge is 0.343 e. The molecule has 0 amide bonds. The summed E-state index contributed by atoms with van der Waals surface area (Å²) in [5.74, 6) is -1.43. The van der Waals surface area contributed by atoms with E-state index in [2.05, 4.69) is 0 Å². The maximum atomic E-state index is 14.0. The van der Waals surface area contributed by atoms with Crippen molar-refractivity contribution in [2.75, 3.05) is 6.61 Å². The molecule has 4 heterocycles. The van der Waals surface area contributed by atoms with E-state index in [1.165, 1.54) is 22.8 Å². The summed E-state index contributed by atoms with van der Waals surface area (Å²) in [6.45, 7) is 2.91. The lowest BCUT2D eigenvalue weighted by atomic mass is 9.85. The van der Waals surface area contributed by atoms with Gasteiger partial charge >= 0.3 is 5.97 Å². The van der Waals surface area contributed by atoms with Gasteiger partial charge in [-0.05, 0) is 37.6 Å². The molecule has 8 nitrogen and oxygen atoms in total. The molecule has 5 rings (SSSR count). The third-order valence-electron chi connectivity index (χ3n) is 6.58. The Morgan fingerprint density at radius 2 is 2.00 bits per heavy atom. The summed E-state index contributed by atoms with van der Waals surface area (Å²) in [7, 11) is 0. The quantitative estimate of drug-likeness (QED) is 0.468. The summed E-state index contributed by atoms with van der Waals surface area (Å²) in [5, 5.41) is 20.9. The van der Waals surface area contributed by atoms with Crippen molar-refractivity contribution >= 4 is 16.9 Å². The van der Waals surface area contributed by atoms with Gasteiger partial charge in [0, 0.05) is 10.9 Å². The fourth-order valence-electron chi connectivity index (χ4n) is 4.85. The maximum absolute atomic E-state index is 14.0. The second-order valence-electron chi connectivity index (χ2n) is 8.32. The number of aromatic nitrogens is 2. The van der Waals surface area contributed by atoms with E-state index in [-0.39, 0.29) is 53.9 Å². The molecule has 2 aromatic heterocycles. The molecular formula is C23H21FN2O6. The van der Waals surface area contributed by atoms with E-state index in [4.69, 9.17) is 4.74 Å². The van der Waals surface area contributed by atoms with Crippen LogP contribution in [-0.2, 0) is 28.3 Å². The molecule has 2 aliphatic heterocycles. The largest absolute Gasteiger partial charge is 0.458 e. The van der Waals surface area contributed by atoms with Crippen LogP contribution in [0.4, 0.5) is 4.39 Å². The van der Waals surface area contributed by atoms with E-state index < -0.39 is 34.4 Å². The van der Waals surface area contributed by atoms with Crippen LogP contribution in [0.15, 0.2) is 33.9 Å². The third-order valence-corrected chi connectivity index (χ3v) is 6.58. The van der Waals surface area contributed by atoms with Crippen molar-refractivity contribution in [1.29, 1.82) is 0 Å². The minimum atomic E-state index is -1.99. The Hall–Kier alpha value is -3.30. The molecule has 32 heavy (non-hydrogen) atoms. The number of fused-ring (bicyclic) bond motifs is 5. The highest BCUT2D eigenvalue weighted by atomic mass is 19.1. The number of hydrogen-bond acceptors (Lipinski definition) is 6. The first-order valence-electron chi connectivity index (χ1n) is 10.4. The molecule has 2 N–H and O–H groups in total. The lowest BCUT2D eigenvalue weighted by Gasteiger charge is -2.31. The summed E-state index contributed by atoms with van der Waals surface area (Å²) in [5.41, 5.74) is -1.23. The molecule has 0 radical (unpaired) electrons. The van der Waals surface area contributed by atoms with Crippen LogP contribution in [0.25, 0.3) is 22.2 Å². The van der Waals surface area contributed by atoms with Crippen LogP contribution >= 0.6 is 0 Å². The van der Waals surface area contributed by atoms with E-state index in [1.807, 2.05) is 0 Å². The third kappa shape index (κ3) is 2.52. The van der Waals surface area contributed by atoms with Gasteiger partial charge in [-0.25, -0.2) is 9.18 Å². The van der Waals surface area contributed by atoms with E-state index in [1.54, 1.807) is 18.4 Å². The summed E-state index contributed by atoms with van der Waals surface area (Å²) in [4.78, 5) is 39.1. The highest BCUT2D eigenvalue weighted by Gasteiger charge is 2.45. The number of carbonyl (C=O) groups is 1. The molecular weight excluding hydrogens is 419 g/mol. The number of ether oxygens (including phenoxy) is 1. The van der Waals surface area contributed by atoms with Gasteiger partial charge in [0.25, 0.3) is 5.56 Å². The van der Waals surface area contributed by atoms with Gasteiger partial charge in [-0.15, -0.1) is 0 Å². The van der Waals surface area contributed by atoms with Gasteiger partial charge in [0.05, 0.1) is 47.2 Å². The number of benzene rings is 1. The van der Waals surface area contributed by atoms with Gasteiger partial charge in [0.1, 0.15) is 12.4 Å². The van der Waals surface area contributed by atoms with E-state index >= 15 is 0 Å². The summed E-state index contributed by atoms with van der Waals surface area (Å²) < 4.78 is 22.2. The molecule has 0 spiro atoms. The number of rotatable bonds is 3. The predicted octanol–water partition coefficient (Wildman–Crippen LogP) is 1.54. The molecule has 1 aromatic carbocycles. The average Bonchev–Trinajstić information content (AvgIpc) is 3.17. The zero-order valence-corrected chi connectivity index (χ0v) is 17.5. The van der Waals surface area contributed by atoms with Crippen LogP contribution in [0.1, 0.15) is 43.1 Å². The normalized spacial score (nSPS) is 20.0. The van der Waals surface area contributed by atoms with Gasteiger partial charge in [-0.1, -0.05) is 6.92 Å². The predicted molar refractivity (Wildman–Crippen MR) is 113 cm³/mol. The minimum absolute atomic E-state index is 0.0106. The van der Waals surface area contributed by atoms with E-state index in [0.29, 0.717) is 11.2 Å². The number of hydrogen-bond donors (Lipinski definition) is 2. The van der Waals surface area contributed by atoms with Gasteiger partial charge < -0.3 is 24.1 Å². The zero-order valence-electron chi connectivity index (χ0n) is 17.5. The molecule has 0 saturated carbocycles. The fraction of sp³-hybridized carbons (Fsp3) is 0.348. The topological polar surface area (TPSA) is 111 Å². The van der Waals surface area contributed by atoms with E-state index in [0.717, 1.165) is 6.07 Å². The summed E-state index contributed by atoms with van der Waals surface area (Å²) in [6, 6.07) is 4.91. The Kier molecular flexibility index (Phi) is 4.41. The Balaban J connectivity index is 1.91. The first-order valence-corrected chi connectivity index (χ1v) is 10.4. The second kappa shape index (κ2) is 6.85. The standard InChI is InChI=1S/C23H21FN2O6/c1-3-23(31)15-7-17-19-18(8-25(17)21(29)14(15)10-32-22(23)30)26(11(2)9-27)16-5-4-12(24)6-13(16)20(19)28/h4-7,11,27,31H,3,8-10H2,1-2H3/t11?,23-/m0/s1. The highest BCUT2D eigenvalue weighted by molar-refractivity contribution is 5.88. The summed E-state index contributed by atoms with van der Waals surface area (Å²) in [6.07, 6.45) is -0.0106. The Bertz CT molecular complexity index is 1440. The van der Waals surface area contributed by atoms with Crippen molar-refractivity contribution in [3.05, 3.63) is 67.5 Å². The van der Waals surface area contributed by atoms with Crippen molar-refractivity contribution in [1.82, 2.24) is 9.13 Å². The van der Waals surface area contributed by atoms with E-state index in [9.17, 15) is 29.0 Å². The lowest BCUT2D eigenvalue weighted by molar-refractivity contribution is -0.172. The van der Waals surface area contributed by atoms with Gasteiger partial charge in [0.2, 0.25) is 0 Å². The maximum Gasteiger partial charge on any atom is 0.343 e. The zero-order chi connectivity index (χ0) is 22.9. The molecule has 1 unspecified atom stereocenters. The van der Waals surface area contributed by atoms with Crippen molar-refractivity contribution < 1.29 is 24.1 Å². The SMILES string of the molecule is CC[C@@]1(O)C(=O)OCc2c1cc1n(c2=O)Cc2c-1c(=O)c1cc(F)ccc1n2C(C)CO. The number of aliphatic hydroxyl groups excluding tert-OH is 1. The number of esters is 1. The van der Waals surface area contributed by atoms with Crippen molar-refractivity contribution in [3.63, 3.8) is 0 Å².